The molecule has 0 bridgehead atoms. The Morgan fingerprint density at radius 2 is 1.79 bits per heavy atom. The lowest BCUT2D eigenvalue weighted by atomic mass is 9.93. The number of primary sulfonamides is 1. The quantitative estimate of drug-likeness (QED) is 0.754. The van der Waals surface area contributed by atoms with Crippen molar-refractivity contribution in [2.45, 2.75) is 30.7 Å². The first-order valence-corrected chi connectivity index (χ1v) is 10.7. The van der Waals surface area contributed by atoms with Crippen molar-refractivity contribution < 1.29 is 18.0 Å². The van der Waals surface area contributed by atoms with E-state index in [1.807, 2.05) is 30.3 Å². The molecule has 7 nitrogen and oxygen atoms in total. The van der Waals surface area contributed by atoms with Crippen LogP contribution in [-0.2, 0) is 26.0 Å². The number of nitrogens with two attached hydrogens (primary N) is 1. The maximum atomic E-state index is 12.5. The molecule has 0 aromatic heterocycles. The second kappa shape index (κ2) is 8.59. The van der Waals surface area contributed by atoms with Gasteiger partial charge in [0.15, 0.2) is 0 Å². The van der Waals surface area contributed by atoms with Crippen LogP contribution in [-0.4, -0.2) is 31.7 Å². The lowest BCUT2D eigenvalue weighted by Gasteiger charge is -2.32. The summed E-state index contributed by atoms with van der Waals surface area (Å²) in [6.07, 6.45) is 4.30. The van der Waals surface area contributed by atoms with Gasteiger partial charge in [-0.3, -0.25) is 9.59 Å². The van der Waals surface area contributed by atoms with Gasteiger partial charge in [-0.1, -0.05) is 36.4 Å². The van der Waals surface area contributed by atoms with Crippen LogP contribution in [0.5, 0.6) is 0 Å². The van der Waals surface area contributed by atoms with Gasteiger partial charge in [0.25, 0.3) is 0 Å². The summed E-state index contributed by atoms with van der Waals surface area (Å²) in [5.41, 5.74) is 2.82. The minimum absolute atomic E-state index is 0.0543. The molecule has 1 aliphatic rings. The van der Waals surface area contributed by atoms with Gasteiger partial charge in [-0.25, -0.2) is 13.6 Å². The van der Waals surface area contributed by atoms with E-state index in [9.17, 15) is 18.0 Å². The molecule has 152 valence electrons. The second-order valence-corrected chi connectivity index (χ2v) is 8.44. The van der Waals surface area contributed by atoms with Gasteiger partial charge in [0.05, 0.1) is 17.4 Å². The first-order valence-electron chi connectivity index (χ1n) is 9.20. The Bertz CT molecular complexity index is 1050. The van der Waals surface area contributed by atoms with Crippen molar-refractivity contribution in [1.82, 2.24) is 10.2 Å². The highest BCUT2D eigenvalue weighted by Crippen LogP contribution is 2.32. The average Bonchev–Trinajstić information content (AvgIpc) is 2.67. The van der Waals surface area contributed by atoms with E-state index in [1.165, 1.54) is 19.1 Å². The fourth-order valence-electron chi connectivity index (χ4n) is 3.35. The number of nitrogens with one attached hydrogen (secondary N) is 1. The minimum atomic E-state index is -3.71. The number of fused-ring (bicyclic) bond motifs is 1. The Morgan fingerprint density at radius 1 is 1.10 bits per heavy atom. The lowest BCUT2D eigenvalue weighted by molar-refractivity contribution is -0.129. The molecule has 2 amide bonds. The number of hydrogen-bond acceptors (Lipinski definition) is 4. The predicted octanol–water partition coefficient (Wildman–Crippen LogP) is 1.96. The number of sulfonamides is 1. The van der Waals surface area contributed by atoms with Gasteiger partial charge >= 0.3 is 0 Å². The Labute approximate surface area is 170 Å². The van der Waals surface area contributed by atoms with Crippen molar-refractivity contribution in [1.29, 1.82) is 0 Å². The SMILES string of the molecule is CC(=O)N1C=Cc2ccccc2[C@@H]1CC(=O)NCCc1ccc(S(N)(=O)=O)cc1. The van der Waals surface area contributed by atoms with E-state index in [4.69, 9.17) is 5.14 Å². The van der Waals surface area contributed by atoms with Crippen LogP contribution in [0.3, 0.4) is 0 Å². The number of nitrogens with zero attached hydrogens (tertiary/aromatic N) is 1. The van der Waals surface area contributed by atoms with Crippen molar-refractivity contribution in [2.75, 3.05) is 6.54 Å². The molecule has 1 aliphatic heterocycles. The molecule has 1 atom stereocenters. The summed E-state index contributed by atoms with van der Waals surface area (Å²) in [5, 5.41) is 7.95. The summed E-state index contributed by atoms with van der Waals surface area (Å²) in [4.78, 5) is 26.1. The molecule has 8 heteroatoms. The van der Waals surface area contributed by atoms with E-state index < -0.39 is 10.0 Å². The minimum Gasteiger partial charge on any atom is -0.356 e. The Balaban J connectivity index is 1.60. The number of benzene rings is 2. The van der Waals surface area contributed by atoms with Gasteiger partial charge in [0, 0.05) is 19.7 Å². The monoisotopic (exact) mass is 413 g/mol. The van der Waals surface area contributed by atoms with Crippen LogP contribution >= 0.6 is 0 Å². The summed E-state index contributed by atoms with van der Waals surface area (Å²) in [6, 6.07) is 13.6. The molecule has 0 aliphatic carbocycles. The lowest BCUT2D eigenvalue weighted by Crippen LogP contribution is -2.35. The number of carbonyl (C=O) groups excluding carboxylic acids is 2. The molecule has 0 spiro atoms. The maximum Gasteiger partial charge on any atom is 0.238 e. The molecule has 0 saturated carbocycles. The van der Waals surface area contributed by atoms with Crippen LogP contribution in [0.1, 0.15) is 36.1 Å². The molecule has 0 saturated heterocycles. The summed E-state index contributed by atoms with van der Waals surface area (Å²) >= 11 is 0. The van der Waals surface area contributed by atoms with Gasteiger partial charge in [0.1, 0.15) is 0 Å². The summed E-state index contributed by atoms with van der Waals surface area (Å²) in [5.74, 6) is -0.281. The highest BCUT2D eigenvalue weighted by Gasteiger charge is 2.27. The molecule has 0 unspecified atom stereocenters. The predicted molar refractivity (Wildman–Crippen MR) is 110 cm³/mol. The van der Waals surface area contributed by atoms with E-state index in [2.05, 4.69) is 5.32 Å². The fraction of sp³-hybridized carbons (Fsp3) is 0.238. The number of amides is 2. The zero-order chi connectivity index (χ0) is 21.0. The van der Waals surface area contributed by atoms with E-state index in [-0.39, 0.29) is 29.2 Å². The molecule has 2 aromatic rings. The van der Waals surface area contributed by atoms with Crippen molar-refractivity contribution in [2.24, 2.45) is 5.14 Å². The third kappa shape index (κ3) is 5.10. The average molecular weight is 413 g/mol. The standard InChI is InChI=1S/C21H23N3O4S/c1-15(25)24-13-11-17-4-2-3-5-19(17)20(24)14-21(26)23-12-10-16-6-8-18(9-7-16)29(22,27)28/h2-9,11,13,20H,10,12,14H2,1H3,(H,23,26)(H2,22,27,28)/t20-/m0/s1. The summed E-state index contributed by atoms with van der Waals surface area (Å²) in [6.45, 7) is 1.88. The molecule has 0 radical (unpaired) electrons. The van der Waals surface area contributed by atoms with Crippen LogP contribution in [0.4, 0.5) is 0 Å². The third-order valence-electron chi connectivity index (χ3n) is 4.84. The zero-order valence-electron chi connectivity index (χ0n) is 16.0. The number of carbonyl (C=O) groups is 2. The first-order chi connectivity index (χ1) is 13.8. The molecule has 0 fully saturated rings. The van der Waals surface area contributed by atoms with E-state index in [0.29, 0.717) is 13.0 Å². The van der Waals surface area contributed by atoms with Crippen molar-refractivity contribution in [3.63, 3.8) is 0 Å². The molecule has 1 heterocycles. The van der Waals surface area contributed by atoms with Gasteiger partial charge in [-0.05, 0) is 41.3 Å². The third-order valence-corrected chi connectivity index (χ3v) is 5.76. The maximum absolute atomic E-state index is 12.5. The molecule has 3 rings (SSSR count). The summed E-state index contributed by atoms with van der Waals surface area (Å²) < 4.78 is 22.6. The molecular weight excluding hydrogens is 390 g/mol. The Morgan fingerprint density at radius 3 is 2.45 bits per heavy atom. The smallest absolute Gasteiger partial charge is 0.238 e. The number of hydrogen-bond donors (Lipinski definition) is 2. The Hall–Kier alpha value is -2.97. The highest BCUT2D eigenvalue weighted by atomic mass is 32.2. The van der Waals surface area contributed by atoms with Crippen LogP contribution in [0, 0.1) is 0 Å². The van der Waals surface area contributed by atoms with Crippen LogP contribution in [0.25, 0.3) is 6.08 Å². The molecule has 3 N–H and O–H groups in total. The van der Waals surface area contributed by atoms with Crippen LogP contribution in [0.2, 0.25) is 0 Å². The van der Waals surface area contributed by atoms with Crippen molar-refractivity contribution in [3.05, 3.63) is 71.4 Å². The van der Waals surface area contributed by atoms with Crippen molar-refractivity contribution >= 4 is 27.9 Å². The zero-order valence-corrected chi connectivity index (χ0v) is 16.9. The van der Waals surface area contributed by atoms with E-state index in [1.54, 1.807) is 23.2 Å². The van der Waals surface area contributed by atoms with E-state index in [0.717, 1.165) is 16.7 Å². The number of rotatable bonds is 6. The largest absolute Gasteiger partial charge is 0.356 e. The second-order valence-electron chi connectivity index (χ2n) is 6.88. The fourth-order valence-corrected chi connectivity index (χ4v) is 3.87. The van der Waals surface area contributed by atoms with Crippen LogP contribution in [0.15, 0.2) is 59.6 Å². The highest BCUT2D eigenvalue weighted by molar-refractivity contribution is 7.89. The van der Waals surface area contributed by atoms with Gasteiger partial charge in [0.2, 0.25) is 21.8 Å². The van der Waals surface area contributed by atoms with Crippen molar-refractivity contribution in [3.8, 4) is 0 Å². The molecule has 29 heavy (non-hydrogen) atoms. The summed E-state index contributed by atoms with van der Waals surface area (Å²) in [7, 11) is -3.71. The Kier molecular flexibility index (Phi) is 6.14. The topological polar surface area (TPSA) is 110 Å². The van der Waals surface area contributed by atoms with Gasteiger partial charge in [-0.15, -0.1) is 0 Å². The van der Waals surface area contributed by atoms with Crippen LogP contribution < -0.4 is 10.5 Å². The molecule has 2 aromatic carbocycles. The van der Waals surface area contributed by atoms with E-state index >= 15 is 0 Å². The normalized spacial score (nSPS) is 15.7. The van der Waals surface area contributed by atoms with Gasteiger partial charge in [-0.2, -0.15) is 0 Å². The molecular formula is C21H23N3O4S. The first kappa shape index (κ1) is 20.8. The van der Waals surface area contributed by atoms with Gasteiger partial charge < -0.3 is 10.2 Å².